The number of halogens is 4. The van der Waals surface area contributed by atoms with Gasteiger partial charge < -0.3 is 0 Å². The molecule has 2 N–H and O–H groups in total. The van der Waals surface area contributed by atoms with Crippen LogP contribution >= 0.6 is 11.6 Å². The zero-order valence-electron chi connectivity index (χ0n) is 13.7. The van der Waals surface area contributed by atoms with Crippen LogP contribution in [0.3, 0.4) is 0 Å². The van der Waals surface area contributed by atoms with E-state index in [1.807, 2.05) is 36.4 Å². The van der Waals surface area contributed by atoms with Crippen molar-refractivity contribution in [3.8, 4) is 11.8 Å². The van der Waals surface area contributed by atoms with Gasteiger partial charge in [0.25, 0.3) is 0 Å². The fourth-order valence-electron chi connectivity index (χ4n) is 2.40. The van der Waals surface area contributed by atoms with Gasteiger partial charge in [-0.05, 0) is 0 Å². The van der Waals surface area contributed by atoms with Crippen molar-refractivity contribution in [1.82, 2.24) is 9.78 Å². The fraction of sp³-hybridized carbons (Fsp3) is 0.111. The summed E-state index contributed by atoms with van der Waals surface area (Å²) in [4.78, 5) is 0. The molecule has 0 spiro atoms. The maximum atomic E-state index is 13.0. The summed E-state index contributed by atoms with van der Waals surface area (Å²) in [5.74, 6) is 0.128. The van der Waals surface area contributed by atoms with E-state index in [1.165, 1.54) is 0 Å². The molecule has 0 radical (unpaired) electrons. The van der Waals surface area contributed by atoms with Crippen LogP contribution in [0.15, 0.2) is 48.5 Å². The van der Waals surface area contributed by atoms with E-state index in [0.29, 0.717) is 9.78 Å². The topological polar surface area (TPSA) is 67.6 Å². The Kier molecular flexibility index (Phi) is 5.47. The van der Waals surface area contributed by atoms with Gasteiger partial charge in [0, 0.05) is 0 Å². The minimum absolute atomic E-state index is 0.0118. The molecule has 1 aromatic heterocycles. The van der Waals surface area contributed by atoms with E-state index in [0.717, 1.165) is 28.4 Å². The number of nitriles is 1. The predicted molar refractivity (Wildman–Crippen MR) is 98.2 cm³/mol. The van der Waals surface area contributed by atoms with E-state index in [-0.39, 0.29) is 37.2 Å². The second-order valence-corrected chi connectivity index (χ2v) is 8.00. The van der Waals surface area contributed by atoms with Crippen molar-refractivity contribution in [3.05, 3.63) is 70.4 Å². The molecule has 0 amide bonds. The summed E-state index contributed by atoms with van der Waals surface area (Å²) in [6, 6.07) is 14.5. The third-order valence-corrected chi connectivity index (χ3v) is 6.48. The summed E-state index contributed by atoms with van der Waals surface area (Å²) in [6.07, 6.45) is -4.53. The Morgan fingerprint density at radius 2 is 1.89 bits per heavy atom. The SMILES string of the molecule is N#Cc1nn(-c2cc(C(F)(F)F)ccc2Cl)c(N)c1[Se]Cc1ccccc1. The van der Waals surface area contributed by atoms with Gasteiger partial charge in [-0.15, -0.1) is 0 Å². The van der Waals surface area contributed by atoms with Gasteiger partial charge >= 0.3 is 164 Å². The average Bonchev–Trinajstić information content (AvgIpc) is 2.96. The molecular formula is C18H12ClF3N4Se. The third kappa shape index (κ3) is 4.11. The molecule has 0 unspecified atom stereocenters. The summed E-state index contributed by atoms with van der Waals surface area (Å²) in [6.45, 7) is 0. The van der Waals surface area contributed by atoms with E-state index in [2.05, 4.69) is 5.10 Å². The van der Waals surface area contributed by atoms with Crippen LogP contribution in [-0.4, -0.2) is 24.7 Å². The molecule has 1 heterocycles. The number of hydrogen-bond acceptors (Lipinski definition) is 3. The molecule has 2 aromatic carbocycles. The molecular weight excluding hydrogens is 444 g/mol. The summed E-state index contributed by atoms with van der Waals surface area (Å²) in [5, 5.41) is 14.2. The van der Waals surface area contributed by atoms with Crippen molar-refractivity contribution in [2.45, 2.75) is 11.5 Å². The van der Waals surface area contributed by atoms with E-state index >= 15 is 0 Å². The Bertz CT molecular complexity index is 1010. The van der Waals surface area contributed by atoms with Crippen LogP contribution in [0, 0.1) is 11.3 Å². The Hall–Kier alpha value is -2.46. The number of benzene rings is 2. The first-order chi connectivity index (χ1) is 12.8. The number of nitrogens with two attached hydrogens (primary N) is 1. The van der Waals surface area contributed by atoms with Gasteiger partial charge in [-0.1, -0.05) is 0 Å². The molecule has 0 aliphatic carbocycles. The van der Waals surface area contributed by atoms with Gasteiger partial charge in [0.1, 0.15) is 0 Å². The second kappa shape index (κ2) is 7.65. The minimum atomic E-state index is -4.53. The van der Waals surface area contributed by atoms with Crippen molar-refractivity contribution in [2.24, 2.45) is 0 Å². The first-order valence-corrected chi connectivity index (χ1v) is 10.1. The number of aromatic nitrogens is 2. The number of anilines is 1. The first-order valence-electron chi connectivity index (χ1n) is 7.63. The van der Waals surface area contributed by atoms with Gasteiger partial charge in [0.05, 0.1) is 0 Å². The van der Waals surface area contributed by atoms with Crippen molar-refractivity contribution < 1.29 is 13.2 Å². The first kappa shape index (κ1) is 19.3. The zero-order valence-corrected chi connectivity index (χ0v) is 16.1. The number of rotatable bonds is 4. The predicted octanol–water partition coefficient (Wildman–Crippen LogP) is 3.53. The van der Waals surface area contributed by atoms with Gasteiger partial charge in [-0.3, -0.25) is 0 Å². The Labute approximate surface area is 164 Å². The Morgan fingerprint density at radius 3 is 2.52 bits per heavy atom. The summed E-state index contributed by atoms with van der Waals surface area (Å²) < 4.78 is 40.7. The Balaban J connectivity index is 2.01. The van der Waals surface area contributed by atoms with Crippen LogP contribution in [0.1, 0.15) is 16.8 Å². The normalized spacial score (nSPS) is 11.4. The van der Waals surface area contributed by atoms with Crippen molar-refractivity contribution in [1.29, 1.82) is 5.26 Å². The molecule has 3 rings (SSSR count). The van der Waals surface area contributed by atoms with Crippen LogP contribution in [-0.2, 0) is 11.5 Å². The van der Waals surface area contributed by atoms with Crippen LogP contribution in [0.2, 0.25) is 5.02 Å². The van der Waals surface area contributed by atoms with Crippen molar-refractivity contribution >= 4 is 36.8 Å². The molecule has 0 aliphatic heterocycles. The van der Waals surface area contributed by atoms with E-state index in [9.17, 15) is 18.4 Å². The molecule has 0 saturated carbocycles. The fourth-order valence-corrected chi connectivity index (χ4v) is 4.61. The van der Waals surface area contributed by atoms with Crippen LogP contribution in [0.4, 0.5) is 19.0 Å². The number of nitrogens with zero attached hydrogens (tertiary/aromatic N) is 3. The Morgan fingerprint density at radius 1 is 1.19 bits per heavy atom. The van der Waals surface area contributed by atoms with Crippen LogP contribution < -0.4 is 10.2 Å². The van der Waals surface area contributed by atoms with Gasteiger partial charge in [0.2, 0.25) is 0 Å². The molecule has 3 aromatic rings. The molecule has 0 aliphatic rings. The molecule has 9 heteroatoms. The average molecular weight is 456 g/mol. The molecule has 0 saturated heterocycles. The van der Waals surface area contributed by atoms with Gasteiger partial charge in [-0.2, -0.15) is 0 Å². The molecule has 0 fully saturated rings. The summed E-state index contributed by atoms with van der Waals surface area (Å²) >= 11 is 5.85. The number of alkyl halides is 3. The second-order valence-electron chi connectivity index (χ2n) is 5.52. The van der Waals surface area contributed by atoms with Gasteiger partial charge in [-0.25, -0.2) is 0 Å². The molecule has 0 bridgehead atoms. The van der Waals surface area contributed by atoms with Gasteiger partial charge in [0.15, 0.2) is 0 Å². The third-order valence-electron chi connectivity index (χ3n) is 3.71. The van der Waals surface area contributed by atoms with Crippen molar-refractivity contribution in [2.75, 3.05) is 5.73 Å². The maximum absolute atomic E-state index is 13.0. The molecule has 4 nitrogen and oxygen atoms in total. The number of nitrogen functional groups attached to an aromatic ring is 1. The van der Waals surface area contributed by atoms with E-state index < -0.39 is 11.7 Å². The monoisotopic (exact) mass is 456 g/mol. The van der Waals surface area contributed by atoms with Crippen molar-refractivity contribution in [3.63, 3.8) is 0 Å². The summed E-state index contributed by atoms with van der Waals surface area (Å²) in [7, 11) is 0. The molecule has 27 heavy (non-hydrogen) atoms. The molecule has 0 atom stereocenters. The van der Waals surface area contributed by atoms with Crippen LogP contribution in [0.25, 0.3) is 5.69 Å². The summed E-state index contributed by atoms with van der Waals surface area (Å²) in [5.41, 5.74) is 6.42. The quantitative estimate of drug-likeness (QED) is 0.612. The zero-order chi connectivity index (χ0) is 19.6. The van der Waals surface area contributed by atoms with E-state index in [1.54, 1.807) is 0 Å². The number of hydrogen-bond donors (Lipinski definition) is 1. The molecule has 138 valence electrons. The van der Waals surface area contributed by atoms with E-state index in [4.69, 9.17) is 17.3 Å². The van der Waals surface area contributed by atoms with Crippen LogP contribution in [0.5, 0.6) is 0 Å². The standard InChI is InChI=1S/C18H12ClF3N4Se/c19-13-7-6-12(18(20,21)22)8-15(13)26-17(24)16(14(9-23)25-26)27-10-11-4-2-1-3-5-11/h1-8H,10,24H2.